The summed E-state index contributed by atoms with van der Waals surface area (Å²) in [5, 5.41) is 28.9. The smallest absolute Gasteiger partial charge is 0.247 e. The van der Waals surface area contributed by atoms with Crippen LogP contribution in [0.2, 0.25) is 0 Å². The first-order valence-electron chi connectivity index (χ1n) is 9.95. The van der Waals surface area contributed by atoms with Crippen LogP contribution < -0.4 is 21.4 Å². The van der Waals surface area contributed by atoms with Crippen molar-refractivity contribution < 1.29 is 19.8 Å². The summed E-state index contributed by atoms with van der Waals surface area (Å²) in [4.78, 5) is 14.3. The second kappa shape index (κ2) is 9.77. The first kappa shape index (κ1) is 23.6. The molecule has 4 rings (SSSR count). The Morgan fingerprint density at radius 1 is 1.34 bits per heavy atom. The quantitative estimate of drug-likeness (QED) is 0.119. The van der Waals surface area contributed by atoms with Gasteiger partial charge in [0.2, 0.25) is 5.25 Å². The number of hydrogen-bond acceptors (Lipinski definition) is 9. The van der Waals surface area contributed by atoms with Crippen molar-refractivity contribution >= 4 is 45.8 Å². The van der Waals surface area contributed by atoms with Gasteiger partial charge in [-0.25, -0.2) is 10.5 Å². The summed E-state index contributed by atoms with van der Waals surface area (Å²) in [5.41, 5.74) is 4.09. The van der Waals surface area contributed by atoms with E-state index in [1.54, 1.807) is 18.7 Å². The van der Waals surface area contributed by atoms with Crippen LogP contribution in [-0.2, 0) is 16.1 Å². The Balaban J connectivity index is 1.64. The highest BCUT2D eigenvalue weighted by atomic mass is 127. The maximum absolute atomic E-state index is 10.6. The monoisotopic (exact) mass is 577 g/mol. The topological polar surface area (TPSA) is 137 Å². The lowest BCUT2D eigenvalue weighted by atomic mass is 10.1. The number of ether oxygens (including phenoxy) is 1. The molecule has 174 valence electrons. The number of aliphatic hydroxyl groups is 2. The van der Waals surface area contributed by atoms with Crippen LogP contribution in [0.25, 0.3) is 0 Å². The van der Waals surface area contributed by atoms with Gasteiger partial charge in [-0.15, -0.1) is 0 Å². The van der Waals surface area contributed by atoms with Crippen LogP contribution in [0.15, 0.2) is 35.6 Å². The van der Waals surface area contributed by atoms with E-state index >= 15 is 0 Å². The summed E-state index contributed by atoms with van der Waals surface area (Å²) >= 11 is 8.91. The van der Waals surface area contributed by atoms with Crippen molar-refractivity contribution in [3.8, 4) is 0 Å². The lowest BCUT2D eigenvalue weighted by Crippen LogP contribution is -2.62. The largest absolute Gasteiger partial charge is 0.387 e. The Morgan fingerprint density at radius 3 is 2.88 bits per heavy atom. The molecule has 13 heteroatoms. The molecule has 1 aromatic heterocycles. The van der Waals surface area contributed by atoms with Crippen LogP contribution in [-0.4, -0.2) is 69.9 Å². The number of rotatable bonds is 7. The third-order valence-corrected chi connectivity index (χ3v) is 6.30. The molecule has 2 aliphatic rings. The molecule has 1 unspecified atom stereocenters. The molecule has 0 saturated carbocycles. The van der Waals surface area contributed by atoms with Crippen LogP contribution in [0.5, 0.6) is 0 Å². The minimum atomic E-state index is -1.24. The molecule has 5 atom stereocenters. The van der Waals surface area contributed by atoms with Crippen molar-refractivity contribution in [1.82, 2.24) is 25.7 Å². The molecule has 2 aromatic rings. The van der Waals surface area contributed by atoms with Crippen LogP contribution in [0.1, 0.15) is 17.5 Å². The minimum Gasteiger partial charge on any atom is -0.387 e. The number of nitrogens with zero attached hydrogens (tertiary/aromatic N) is 3. The number of nitrogens with one attached hydrogen (secondary N) is 4. The Kier molecular flexibility index (Phi) is 7.21. The molecule has 0 amide bonds. The summed E-state index contributed by atoms with van der Waals surface area (Å²) in [6, 6.07) is 8.04. The first-order valence-corrected chi connectivity index (χ1v) is 11.4. The predicted molar refractivity (Wildman–Crippen MR) is 127 cm³/mol. The van der Waals surface area contributed by atoms with Gasteiger partial charge in [0, 0.05) is 10.6 Å². The van der Waals surface area contributed by atoms with E-state index in [-0.39, 0.29) is 6.61 Å². The van der Waals surface area contributed by atoms with Crippen LogP contribution in [0, 0.1) is 3.57 Å². The summed E-state index contributed by atoms with van der Waals surface area (Å²) in [6.45, 7) is 0.489. The Morgan fingerprint density at radius 2 is 2.16 bits per heavy atom. The number of aliphatic imine (C=N–C) groups is 1. The highest BCUT2D eigenvalue weighted by Crippen LogP contribution is 2.35. The average Bonchev–Trinajstić information content (AvgIpc) is 3.31. The van der Waals surface area contributed by atoms with Gasteiger partial charge >= 0.3 is 0 Å². The van der Waals surface area contributed by atoms with Gasteiger partial charge in [0.05, 0.1) is 19.5 Å². The van der Waals surface area contributed by atoms with Crippen molar-refractivity contribution in [3.63, 3.8) is 0 Å². The number of hydroxylamine groups is 1. The minimum absolute atomic E-state index is 0.0651. The number of fused-ring (bicyclic) bond motifs is 1. The van der Waals surface area contributed by atoms with E-state index in [4.69, 9.17) is 21.2 Å². The summed E-state index contributed by atoms with van der Waals surface area (Å²) in [6.07, 6.45) is -2.43. The van der Waals surface area contributed by atoms with E-state index in [1.807, 2.05) is 18.2 Å². The van der Waals surface area contributed by atoms with E-state index in [1.165, 1.54) is 6.33 Å². The molecule has 0 bridgehead atoms. The molecule has 0 aliphatic carbocycles. The Bertz CT molecular complexity index is 992. The zero-order chi connectivity index (χ0) is 22.9. The molecule has 1 aromatic carbocycles. The van der Waals surface area contributed by atoms with Crippen molar-refractivity contribution in [3.05, 3.63) is 45.4 Å². The van der Waals surface area contributed by atoms with Gasteiger partial charge in [-0.2, -0.15) is 0 Å². The van der Waals surface area contributed by atoms with Gasteiger partial charge in [-0.3, -0.25) is 19.7 Å². The molecule has 11 nitrogen and oxygen atoms in total. The number of alkyl halides is 1. The standard InChI is InChI=1S/C19H25ClIN7O4/c1-22-19(20)26-16(24-7-10-4-3-5-11(21)6-10)13-17(27-19)28(9-25-13)18-15(30)14(29)12(32-18)8-31-23-2/h3-6,9,12,14-15,18,22-23,27,29-30H,7-8H2,1-2H3,(H,24,26)/t12-,14-,15-,18-,19?/m1/s1. The third-order valence-electron chi connectivity index (χ3n) is 5.26. The van der Waals surface area contributed by atoms with Gasteiger partial charge in [-0.1, -0.05) is 23.7 Å². The lowest BCUT2D eigenvalue weighted by Gasteiger charge is -2.36. The number of imidazole rings is 1. The normalized spacial score (nSPS) is 30.8. The molecule has 3 heterocycles. The van der Waals surface area contributed by atoms with E-state index in [2.05, 4.69) is 60.1 Å². The number of halogens is 2. The van der Waals surface area contributed by atoms with Crippen molar-refractivity contribution in [2.75, 3.05) is 26.0 Å². The fourth-order valence-electron chi connectivity index (χ4n) is 3.58. The third kappa shape index (κ3) is 4.72. The second-order valence-corrected chi connectivity index (χ2v) is 9.18. The van der Waals surface area contributed by atoms with Crippen LogP contribution in [0.4, 0.5) is 5.82 Å². The van der Waals surface area contributed by atoms with Crippen LogP contribution >= 0.6 is 34.2 Å². The maximum Gasteiger partial charge on any atom is 0.247 e. The summed E-state index contributed by atoms with van der Waals surface area (Å²) < 4.78 is 8.59. The van der Waals surface area contributed by atoms with Crippen LogP contribution in [0.3, 0.4) is 0 Å². The molecule has 1 saturated heterocycles. The first-order chi connectivity index (χ1) is 15.3. The Labute approximate surface area is 203 Å². The van der Waals surface area contributed by atoms with Crippen molar-refractivity contribution in [2.24, 2.45) is 4.99 Å². The highest BCUT2D eigenvalue weighted by Gasteiger charge is 2.46. The number of anilines is 1. The van der Waals surface area contributed by atoms with Gasteiger partial charge in [-0.05, 0) is 47.3 Å². The van der Waals surface area contributed by atoms with E-state index < -0.39 is 29.8 Å². The maximum atomic E-state index is 10.6. The molecule has 6 N–H and O–H groups in total. The Hall–Kier alpha value is -1.52. The molecular weight excluding hydrogens is 553 g/mol. The van der Waals surface area contributed by atoms with Crippen molar-refractivity contribution in [1.29, 1.82) is 0 Å². The average molecular weight is 578 g/mol. The van der Waals surface area contributed by atoms with E-state index in [9.17, 15) is 10.2 Å². The second-order valence-electron chi connectivity index (χ2n) is 7.36. The van der Waals surface area contributed by atoms with Gasteiger partial charge < -0.3 is 25.6 Å². The zero-order valence-electron chi connectivity index (χ0n) is 17.4. The summed E-state index contributed by atoms with van der Waals surface area (Å²) in [5.74, 6) is 0.963. The van der Waals surface area contributed by atoms with E-state index in [0.717, 1.165) is 9.13 Å². The number of aromatic nitrogens is 2. The predicted octanol–water partition coefficient (Wildman–Crippen LogP) is 0.289. The van der Waals surface area contributed by atoms with Gasteiger partial charge in [0.25, 0.3) is 0 Å². The molecular formula is C19H25ClIN7O4. The fraction of sp³-hybridized carbons (Fsp3) is 0.474. The summed E-state index contributed by atoms with van der Waals surface area (Å²) in [7, 11) is 3.29. The van der Waals surface area contributed by atoms with Gasteiger partial charge in [0.1, 0.15) is 29.8 Å². The number of aliphatic hydroxyl groups excluding tert-OH is 2. The number of benzene rings is 1. The molecule has 2 aliphatic heterocycles. The number of amidine groups is 1. The molecule has 0 spiro atoms. The van der Waals surface area contributed by atoms with Crippen molar-refractivity contribution in [2.45, 2.75) is 36.3 Å². The highest BCUT2D eigenvalue weighted by molar-refractivity contribution is 14.1. The lowest BCUT2D eigenvalue weighted by molar-refractivity contribution is -0.0823. The van der Waals surface area contributed by atoms with Gasteiger partial charge in [0.15, 0.2) is 12.1 Å². The fourth-order valence-corrected chi connectivity index (χ4v) is 4.36. The molecule has 32 heavy (non-hydrogen) atoms. The van der Waals surface area contributed by atoms with E-state index in [0.29, 0.717) is 23.9 Å². The SMILES string of the molecule is CNOC[C@H]1O[C@@H](n2cnc3c2NC(Cl)(NC)NC3=NCc2cccc(I)c2)[C@H](O)[C@@H]1O. The number of hydrogen-bond donors (Lipinski definition) is 6. The zero-order valence-corrected chi connectivity index (χ0v) is 20.3. The molecule has 0 radical (unpaired) electrons. The molecule has 1 fully saturated rings.